The van der Waals surface area contributed by atoms with Gasteiger partial charge in [-0.1, -0.05) is 24.3 Å². The minimum atomic E-state index is -0.593. The molecule has 1 heterocycles. The fourth-order valence-electron chi connectivity index (χ4n) is 4.76. The van der Waals surface area contributed by atoms with Gasteiger partial charge in [0, 0.05) is 48.8 Å². The maximum absolute atomic E-state index is 12.3. The summed E-state index contributed by atoms with van der Waals surface area (Å²) in [6.45, 7) is 9.68. The number of ether oxygens (including phenoxy) is 4. The van der Waals surface area contributed by atoms with E-state index in [1.807, 2.05) is 63.2 Å². The summed E-state index contributed by atoms with van der Waals surface area (Å²) >= 11 is 0. The Kier molecular flexibility index (Phi) is 10.9. The Hall–Kier alpha value is -4.83. The van der Waals surface area contributed by atoms with Crippen molar-refractivity contribution in [1.29, 1.82) is 0 Å². The molecular weight excluding hydrogens is 576 g/mol. The first kappa shape index (κ1) is 33.1. The maximum atomic E-state index is 12.3. The van der Waals surface area contributed by atoms with Crippen LogP contribution in [0.2, 0.25) is 0 Å². The summed E-state index contributed by atoms with van der Waals surface area (Å²) in [7, 11) is 1.61. The molecule has 1 aromatic heterocycles. The third-order valence-corrected chi connectivity index (χ3v) is 6.51. The lowest BCUT2D eigenvalue weighted by molar-refractivity contribution is -0.142. The van der Waals surface area contributed by atoms with Crippen LogP contribution in [0.5, 0.6) is 5.75 Å². The third kappa shape index (κ3) is 9.58. The second-order valence-electron chi connectivity index (χ2n) is 11.5. The predicted molar refractivity (Wildman–Crippen MR) is 171 cm³/mol. The van der Waals surface area contributed by atoms with Gasteiger partial charge in [0.15, 0.2) is 0 Å². The number of hydrogen-bond donors (Lipinski definition) is 2. The molecule has 10 nitrogen and oxygen atoms in total. The van der Waals surface area contributed by atoms with E-state index in [1.165, 1.54) is 6.92 Å². The van der Waals surface area contributed by atoms with Crippen molar-refractivity contribution in [2.24, 2.45) is 0 Å². The Morgan fingerprint density at radius 3 is 2.44 bits per heavy atom. The van der Waals surface area contributed by atoms with Gasteiger partial charge in [0.25, 0.3) is 0 Å². The lowest BCUT2D eigenvalue weighted by atomic mass is 9.99. The van der Waals surface area contributed by atoms with Gasteiger partial charge in [0.05, 0.1) is 13.0 Å². The molecule has 0 spiro atoms. The number of benzene rings is 3. The summed E-state index contributed by atoms with van der Waals surface area (Å²) in [5, 5.41) is 6.43. The lowest BCUT2D eigenvalue weighted by Crippen LogP contribution is -2.32. The zero-order valence-electron chi connectivity index (χ0n) is 26.6. The van der Waals surface area contributed by atoms with Crippen LogP contribution in [0.4, 0.5) is 10.5 Å². The van der Waals surface area contributed by atoms with Crippen LogP contribution in [0.1, 0.15) is 57.1 Å². The van der Waals surface area contributed by atoms with E-state index in [1.54, 1.807) is 32.2 Å². The first-order chi connectivity index (χ1) is 21.4. The number of carbonyl (C=O) groups excluding carboxylic acids is 3. The second kappa shape index (κ2) is 14.8. The lowest BCUT2D eigenvalue weighted by Gasteiger charge is -2.19. The summed E-state index contributed by atoms with van der Waals surface area (Å²) in [5.74, 6) is 0.542. The van der Waals surface area contributed by atoms with Crippen LogP contribution in [-0.4, -0.2) is 37.3 Å². The standard InChI is InChI=1S/C35H40N2O8/c1-7-42-32(39)17-26-11-12-28(37-22(2)38)18-31(26)43-20-24-14-27-16-29(21-41-6)44-33(27)30(15-24)25-10-8-9-23(13-25)19-36-34(40)45-35(3,4)5/h8-16,18H,7,17,19-21H2,1-6H3,(H,36,40)(H,37,38). The summed E-state index contributed by atoms with van der Waals surface area (Å²) < 4.78 is 28.3. The average molecular weight is 617 g/mol. The summed E-state index contributed by atoms with van der Waals surface area (Å²) in [6, 6.07) is 18.9. The Morgan fingerprint density at radius 1 is 0.933 bits per heavy atom. The van der Waals surface area contributed by atoms with Gasteiger partial charge in [0.1, 0.15) is 35.9 Å². The van der Waals surface area contributed by atoms with Crippen molar-refractivity contribution >= 4 is 34.6 Å². The van der Waals surface area contributed by atoms with Gasteiger partial charge in [-0.25, -0.2) is 4.79 Å². The van der Waals surface area contributed by atoms with E-state index < -0.39 is 11.7 Å². The number of esters is 1. The summed E-state index contributed by atoms with van der Waals surface area (Å²) in [5.41, 5.74) is 4.76. The number of nitrogens with one attached hydrogen (secondary N) is 2. The molecule has 0 bridgehead atoms. The Bertz CT molecular complexity index is 1670. The number of methoxy groups -OCH3 is 1. The van der Waals surface area contributed by atoms with E-state index in [4.69, 9.17) is 23.4 Å². The molecule has 0 radical (unpaired) electrons. The smallest absolute Gasteiger partial charge is 0.407 e. The number of anilines is 1. The van der Waals surface area contributed by atoms with E-state index in [9.17, 15) is 14.4 Å². The van der Waals surface area contributed by atoms with Crippen LogP contribution in [0.3, 0.4) is 0 Å². The molecule has 45 heavy (non-hydrogen) atoms. The van der Waals surface area contributed by atoms with E-state index in [2.05, 4.69) is 10.6 Å². The van der Waals surface area contributed by atoms with Gasteiger partial charge < -0.3 is 34.0 Å². The first-order valence-electron chi connectivity index (χ1n) is 14.7. The summed E-state index contributed by atoms with van der Waals surface area (Å²) in [4.78, 5) is 36.2. The highest BCUT2D eigenvalue weighted by molar-refractivity contribution is 5.94. The number of amides is 2. The van der Waals surface area contributed by atoms with E-state index in [-0.39, 0.29) is 38.1 Å². The number of furan rings is 1. The molecule has 4 aromatic rings. The van der Waals surface area contributed by atoms with Crippen molar-refractivity contribution in [2.45, 2.75) is 66.4 Å². The minimum Gasteiger partial charge on any atom is -0.489 e. The molecule has 238 valence electrons. The van der Waals surface area contributed by atoms with Crippen LogP contribution < -0.4 is 15.4 Å². The Labute approximate surface area is 263 Å². The zero-order valence-corrected chi connectivity index (χ0v) is 26.6. The largest absolute Gasteiger partial charge is 0.489 e. The molecule has 0 aliphatic heterocycles. The molecule has 0 aliphatic rings. The highest BCUT2D eigenvalue weighted by Crippen LogP contribution is 2.34. The van der Waals surface area contributed by atoms with Gasteiger partial charge in [-0.3, -0.25) is 9.59 Å². The number of hydrogen-bond acceptors (Lipinski definition) is 8. The Morgan fingerprint density at radius 2 is 1.73 bits per heavy atom. The SMILES string of the molecule is CCOC(=O)Cc1ccc(NC(C)=O)cc1OCc1cc(-c2cccc(CNC(=O)OC(C)(C)C)c2)c2oc(COC)cc2c1. The normalized spacial score (nSPS) is 11.2. The molecule has 3 aromatic carbocycles. The number of alkyl carbamates (subject to hydrolysis) is 1. The van der Waals surface area contributed by atoms with E-state index in [0.29, 0.717) is 35.0 Å². The van der Waals surface area contributed by atoms with E-state index in [0.717, 1.165) is 27.6 Å². The molecule has 0 atom stereocenters. The van der Waals surface area contributed by atoms with Gasteiger partial charge >= 0.3 is 12.1 Å². The highest BCUT2D eigenvalue weighted by atomic mass is 16.6. The van der Waals surface area contributed by atoms with Crippen molar-refractivity contribution in [3.63, 3.8) is 0 Å². The van der Waals surface area contributed by atoms with Crippen molar-refractivity contribution in [1.82, 2.24) is 5.32 Å². The van der Waals surface area contributed by atoms with Gasteiger partial charge in [-0.15, -0.1) is 0 Å². The van der Waals surface area contributed by atoms with Crippen LogP contribution in [-0.2, 0) is 50.0 Å². The molecule has 2 amide bonds. The summed E-state index contributed by atoms with van der Waals surface area (Å²) in [6.07, 6.45) is -0.463. The number of fused-ring (bicyclic) bond motifs is 1. The molecular formula is C35H40N2O8. The molecule has 0 unspecified atom stereocenters. The molecule has 0 saturated heterocycles. The monoisotopic (exact) mass is 616 g/mol. The molecule has 0 saturated carbocycles. The quantitative estimate of drug-likeness (QED) is 0.165. The molecule has 0 fully saturated rings. The van der Waals surface area contributed by atoms with Crippen molar-refractivity contribution < 1.29 is 37.7 Å². The minimum absolute atomic E-state index is 0.0278. The predicted octanol–water partition coefficient (Wildman–Crippen LogP) is 6.91. The molecule has 10 heteroatoms. The fourth-order valence-corrected chi connectivity index (χ4v) is 4.76. The number of rotatable bonds is 12. The van der Waals surface area contributed by atoms with Crippen LogP contribution >= 0.6 is 0 Å². The van der Waals surface area contributed by atoms with Crippen LogP contribution in [0.15, 0.2) is 65.1 Å². The molecule has 2 N–H and O–H groups in total. The first-order valence-corrected chi connectivity index (χ1v) is 14.7. The topological polar surface area (TPSA) is 125 Å². The fraction of sp³-hybridized carbons (Fsp3) is 0.343. The van der Waals surface area contributed by atoms with Crippen molar-refractivity contribution in [3.05, 3.63) is 83.1 Å². The second-order valence-corrected chi connectivity index (χ2v) is 11.5. The third-order valence-electron chi connectivity index (χ3n) is 6.51. The van der Waals surface area contributed by atoms with Gasteiger partial charge in [0.2, 0.25) is 5.91 Å². The van der Waals surface area contributed by atoms with Gasteiger partial charge in [-0.2, -0.15) is 0 Å². The molecule has 4 rings (SSSR count). The zero-order chi connectivity index (χ0) is 32.6. The average Bonchev–Trinajstić information content (AvgIpc) is 3.37. The van der Waals surface area contributed by atoms with Crippen LogP contribution in [0, 0.1) is 0 Å². The highest BCUT2D eigenvalue weighted by Gasteiger charge is 2.18. The Balaban J connectivity index is 1.65. The maximum Gasteiger partial charge on any atom is 0.407 e. The van der Waals surface area contributed by atoms with Gasteiger partial charge in [-0.05, 0) is 74.7 Å². The van der Waals surface area contributed by atoms with Crippen LogP contribution in [0.25, 0.3) is 22.1 Å². The van der Waals surface area contributed by atoms with Crippen molar-refractivity contribution in [2.75, 3.05) is 19.0 Å². The van der Waals surface area contributed by atoms with Crippen molar-refractivity contribution in [3.8, 4) is 16.9 Å². The van der Waals surface area contributed by atoms with E-state index >= 15 is 0 Å². The molecule has 0 aliphatic carbocycles. The number of carbonyl (C=O) groups is 3.